The molecule has 0 saturated heterocycles. The van der Waals surface area contributed by atoms with Crippen molar-refractivity contribution >= 4 is 0 Å². The minimum Gasteiger partial charge on any atom is -0.312 e. The largest absolute Gasteiger partial charge is 0.312 e. The van der Waals surface area contributed by atoms with Gasteiger partial charge in [0.25, 0.3) is 0 Å². The van der Waals surface area contributed by atoms with E-state index < -0.39 is 0 Å². The summed E-state index contributed by atoms with van der Waals surface area (Å²) in [6.45, 7) is 3.26. The van der Waals surface area contributed by atoms with Crippen LogP contribution in [0.1, 0.15) is 36.9 Å². The zero-order valence-corrected chi connectivity index (χ0v) is 11.2. The Balaban J connectivity index is 2.01. The first-order chi connectivity index (χ1) is 8.20. The number of aryl methyl sites for hydroxylation is 1. The molecule has 0 aromatic heterocycles. The lowest BCUT2D eigenvalue weighted by Crippen LogP contribution is -2.32. The molecule has 0 bridgehead atoms. The van der Waals surface area contributed by atoms with Gasteiger partial charge in [-0.05, 0) is 44.5 Å². The fraction of sp³-hybridized carbons (Fsp3) is 0.600. The van der Waals surface area contributed by atoms with Crippen LogP contribution in [0.4, 0.5) is 0 Å². The minimum absolute atomic E-state index is 0.488. The molecule has 1 N–H and O–H groups in total. The van der Waals surface area contributed by atoms with Gasteiger partial charge >= 0.3 is 0 Å². The normalized spacial score (nSPS) is 17.4. The van der Waals surface area contributed by atoms with Crippen molar-refractivity contribution in [3.05, 3.63) is 35.4 Å². The van der Waals surface area contributed by atoms with Crippen molar-refractivity contribution in [2.75, 3.05) is 20.6 Å². The molecule has 17 heavy (non-hydrogen) atoms. The van der Waals surface area contributed by atoms with Crippen LogP contribution in [0, 0.1) is 0 Å². The summed E-state index contributed by atoms with van der Waals surface area (Å²) >= 11 is 0. The van der Waals surface area contributed by atoms with E-state index in [9.17, 15) is 0 Å². The Morgan fingerprint density at radius 1 is 1.24 bits per heavy atom. The van der Waals surface area contributed by atoms with Gasteiger partial charge in [0.1, 0.15) is 0 Å². The summed E-state index contributed by atoms with van der Waals surface area (Å²) in [7, 11) is 4.32. The molecule has 0 aliphatic heterocycles. The number of nitrogens with zero attached hydrogens (tertiary/aromatic N) is 1. The summed E-state index contributed by atoms with van der Waals surface area (Å²) in [5, 5.41) is 3.62. The number of nitrogens with one attached hydrogen (secondary N) is 1. The predicted octanol–water partition coefficient (Wildman–Crippen LogP) is 2.60. The molecule has 1 aliphatic rings. The van der Waals surface area contributed by atoms with Crippen LogP contribution in [0.25, 0.3) is 0 Å². The Labute approximate surface area is 105 Å². The van der Waals surface area contributed by atoms with Gasteiger partial charge in [0, 0.05) is 18.6 Å². The van der Waals surface area contributed by atoms with Crippen LogP contribution in [0.3, 0.4) is 0 Å². The first kappa shape index (κ1) is 12.6. The van der Waals surface area contributed by atoms with Crippen molar-refractivity contribution in [3.63, 3.8) is 0 Å². The summed E-state index contributed by atoms with van der Waals surface area (Å²) in [6.07, 6.45) is 3.83. The van der Waals surface area contributed by atoms with Crippen LogP contribution in [-0.4, -0.2) is 31.6 Å². The molecule has 0 amide bonds. The van der Waals surface area contributed by atoms with Gasteiger partial charge in [0.05, 0.1) is 0 Å². The van der Waals surface area contributed by atoms with Gasteiger partial charge in [0.2, 0.25) is 0 Å². The molecule has 2 heteroatoms. The van der Waals surface area contributed by atoms with E-state index in [-0.39, 0.29) is 0 Å². The van der Waals surface area contributed by atoms with Crippen LogP contribution in [-0.2, 0) is 6.42 Å². The zero-order chi connectivity index (χ0) is 12.3. The van der Waals surface area contributed by atoms with Crippen molar-refractivity contribution in [2.45, 2.75) is 38.3 Å². The topological polar surface area (TPSA) is 15.3 Å². The first-order valence-corrected chi connectivity index (χ1v) is 6.69. The Bertz CT molecular complexity index is 338. The van der Waals surface area contributed by atoms with Gasteiger partial charge in [-0.15, -0.1) is 0 Å². The second-order valence-corrected chi connectivity index (χ2v) is 5.26. The Kier molecular flexibility index (Phi) is 4.19. The summed E-state index contributed by atoms with van der Waals surface area (Å²) in [4.78, 5) is 2.30. The maximum absolute atomic E-state index is 3.62. The van der Waals surface area contributed by atoms with E-state index in [2.05, 4.69) is 55.5 Å². The number of benzene rings is 1. The monoisotopic (exact) mass is 232 g/mol. The molecule has 1 fully saturated rings. The maximum atomic E-state index is 3.62. The number of likely N-dealkylation sites (N-methyl/N-ethyl adjacent to an activating group) is 1. The first-order valence-electron chi connectivity index (χ1n) is 6.69. The van der Waals surface area contributed by atoms with Crippen molar-refractivity contribution in [1.82, 2.24) is 10.2 Å². The van der Waals surface area contributed by atoms with Gasteiger partial charge in [-0.2, -0.15) is 0 Å². The summed E-state index contributed by atoms with van der Waals surface area (Å²) in [5.41, 5.74) is 2.83. The fourth-order valence-corrected chi connectivity index (χ4v) is 2.14. The average molecular weight is 232 g/mol. The fourth-order valence-electron chi connectivity index (χ4n) is 2.14. The van der Waals surface area contributed by atoms with E-state index in [1.807, 2.05) is 0 Å². The van der Waals surface area contributed by atoms with Crippen molar-refractivity contribution in [1.29, 1.82) is 0 Å². The Morgan fingerprint density at radius 2 is 1.88 bits per heavy atom. The van der Waals surface area contributed by atoms with E-state index in [4.69, 9.17) is 0 Å². The Hall–Kier alpha value is -0.860. The summed E-state index contributed by atoms with van der Waals surface area (Å²) in [5.74, 6) is 0. The van der Waals surface area contributed by atoms with Gasteiger partial charge < -0.3 is 10.2 Å². The highest BCUT2D eigenvalue weighted by Gasteiger charge is 2.23. The smallest absolute Gasteiger partial charge is 0.0466 e. The van der Waals surface area contributed by atoms with Crippen LogP contribution in [0.15, 0.2) is 24.3 Å². The molecule has 0 heterocycles. The van der Waals surface area contributed by atoms with E-state index in [1.165, 1.54) is 24.0 Å². The van der Waals surface area contributed by atoms with Gasteiger partial charge in [-0.1, -0.05) is 31.2 Å². The van der Waals surface area contributed by atoms with E-state index in [0.29, 0.717) is 6.04 Å². The molecule has 1 unspecified atom stereocenters. The highest BCUT2D eigenvalue weighted by molar-refractivity contribution is 5.25. The molecular formula is C15H24N2. The molecule has 1 saturated carbocycles. The van der Waals surface area contributed by atoms with Crippen LogP contribution in [0.2, 0.25) is 0 Å². The van der Waals surface area contributed by atoms with E-state index in [0.717, 1.165) is 19.0 Å². The molecule has 1 aromatic rings. The standard InChI is InChI=1S/C15H24N2/c1-4-12-5-7-13(8-6-12)15(17(2)3)11-16-14-9-10-14/h5-8,14-16H,4,9-11H2,1-3H3. The molecular weight excluding hydrogens is 208 g/mol. The third-order valence-corrected chi connectivity index (χ3v) is 3.57. The predicted molar refractivity (Wildman–Crippen MR) is 73.3 cm³/mol. The number of hydrogen-bond acceptors (Lipinski definition) is 2. The third-order valence-electron chi connectivity index (χ3n) is 3.57. The lowest BCUT2D eigenvalue weighted by molar-refractivity contribution is 0.288. The average Bonchev–Trinajstić information content (AvgIpc) is 3.14. The van der Waals surface area contributed by atoms with Crippen molar-refractivity contribution in [2.24, 2.45) is 0 Å². The van der Waals surface area contributed by atoms with Crippen LogP contribution in [0.5, 0.6) is 0 Å². The zero-order valence-electron chi connectivity index (χ0n) is 11.2. The maximum Gasteiger partial charge on any atom is 0.0466 e. The summed E-state index contributed by atoms with van der Waals surface area (Å²) in [6, 6.07) is 10.3. The van der Waals surface area contributed by atoms with Crippen LogP contribution < -0.4 is 5.32 Å². The SMILES string of the molecule is CCc1ccc(C(CNC2CC2)N(C)C)cc1. The quantitative estimate of drug-likeness (QED) is 0.811. The van der Waals surface area contributed by atoms with Gasteiger partial charge in [-0.25, -0.2) is 0 Å². The molecule has 0 spiro atoms. The Morgan fingerprint density at radius 3 is 2.35 bits per heavy atom. The molecule has 1 aromatic carbocycles. The highest BCUT2D eigenvalue weighted by atomic mass is 15.1. The lowest BCUT2D eigenvalue weighted by Gasteiger charge is -2.25. The molecule has 0 radical (unpaired) electrons. The van der Waals surface area contributed by atoms with E-state index in [1.54, 1.807) is 0 Å². The number of hydrogen-bond donors (Lipinski definition) is 1. The highest BCUT2D eigenvalue weighted by Crippen LogP contribution is 2.22. The number of rotatable bonds is 6. The molecule has 94 valence electrons. The molecule has 1 aliphatic carbocycles. The second kappa shape index (κ2) is 5.65. The molecule has 2 rings (SSSR count). The molecule has 2 nitrogen and oxygen atoms in total. The molecule has 1 atom stereocenters. The van der Waals surface area contributed by atoms with Crippen molar-refractivity contribution < 1.29 is 0 Å². The second-order valence-electron chi connectivity index (χ2n) is 5.26. The minimum atomic E-state index is 0.488. The van der Waals surface area contributed by atoms with E-state index >= 15 is 0 Å². The van der Waals surface area contributed by atoms with Crippen LogP contribution >= 0.6 is 0 Å². The van der Waals surface area contributed by atoms with Crippen molar-refractivity contribution in [3.8, 4) is 0 Å². The van der Waals surface area contributed by atoms with Gasteiger partial charge in [-0.3, -0.25) is 0 Å². The summed E-state index contributed by atoms with van der Waals surface area (Å²) < 4.78 is 0. The third kappa shape index (κ3) is 3.55. The lowest BCUT2D eigenvalue weighted by atomic mass is 10.0. The van der Waals surface area contributed by atoms with Gasteiger partial charge in [0.15, 0.2) is 0 Å².